The van der Waals surface area contributed by atoms with E-state index in [0.717, 1.165) is 6.07 Å². The largest absolute Gasteiger partial charge is 0.495 e. The molecular formula is C17H14FN3O5S. The van der Waals surface area contributed by atoms with Gasteiger partial charge in [0.15, 0.2) is 11.5 Å². The number of methoxy groups -OCH3 is 1. The van der Waals surface area contributed by atoms with Gasteiger partial charge >= 0.3 is 0 Å². The van der Waals surface area contributed by atoms with E-state index >= 15 is 0 Å². The zero-order valence-electron chi connectivity index (χ0n) is 14.0. The molecule has 1 amide bonds. The number of ether oxygens (including phenoxy) is 1. The Hall–Kier alpha value is -3.24. The Labute approximate surface area is 153 Å². The SMILES string of the molecule is COc1ccc(S(N)(=O)=O)cc1NC(=O)c1cc(-c2ccccc2F)on1. The van der Waals surface area contributed by atoms with Crippen LogP contribution in [0.4, 0.5) is 10.1 Å². The summed E-state index contributed by atoms with van der Waals surface area (Å²) in [6.07, 6.45) is 0. The molecule has 27 heavy (non-hydrogen) atoms. The Morgan fingerprint density at radius 1 is 1.22 bits per heavy atom. The van der Waals surface area contributed by atoms with E-state index in [4.69, 9.17) is 14.4 Å². The second kappa shape index (κ2) is 7.17. The summed E-state index contributed by atoms with van der Waals surface area (Å²) in [5, 5.41) is 11.2. The van der Waals surface area contributed by atoms with Crippen LogP contribution in [0.1, 0.15) is 10.5 Å². The molecule has 8 nitrogen and oxygen atoms in total. The van der Waals surface area contributed by atoms with Gasteiger partial charge in [0.1, 0.15) is 11.6 Å². The van der Waals surface area contributed by atoms with Crippen LogP contribution in [0, 0.1) is 5.82 Å². The molecule has 1 heterocycles. The molecule has 3 N–H and O–H groups in total. The quantitative estimate of drug-likeness (QED) is 0.688. The van der Waals surface area contributed by atoms with Crippen molar-refractivity contribution >= 4 is 21.6 Å². The van der Waals surface area contributed by atoms with Crippen molar-refractivity contribution in [3.63, 3.8) is 0 Å². The van der Waals surface area contributed by atoms with Crippen molar-refractivity contribution in [1.82, 2.24) is 5.16 Å². The topological polar surface area (TPSA) is 125 Å². The number of nitrogens with one attached hydrogen (secondary N) is 1. The number of anilines is 1. The van der Waals surface area contributed by atoms with Crippen molar-refractivity contribution in [2.24, 2.45) is 5.14 Å². The van der Waals surface area contributed by atoms with Crippen LogP contribution in [0.25, 0.3) is 11.3 Å². The Kier molecular flexibility index (Phi) is 4.93. The number of halogens is 1. The first-order valence-corrected chi connectivity index (χ1v) is 9.08. The highest BCUT2D eigenvalue weighted by Crippen LogP contribution is 2.28. The lowest BCUT2D eigenvalue weighted by atomic mass is 10.1. The van der Waals surface area contributed by atoms with E-state index in [-0.39, 0.29) is 33.4 Å². The first-order chi connectivity index (χ1) is 12.8. The molecule has 3 aromatic rings. The zero-order chi connectivity index (χ0) is 19.6. The third-order valence-electron chi connectivity index (χ3n) is 3.63. The molecule has 0 atom stereocenters. The van der Waals surface area contributed by atoms with E-state index in [1.807, 2.05) is 0 Å². The lowest BCUT2D eigenvalue weighted by Crippen LogP contribution is -2.15. The summed E-state index contributed by atoms with van der Waals surface area (Å²) in [6, 6.07) is 10.9. The summed E-state index contributed by atoms with van der Waals surface area (Å²) in [5.41, 5.74) is 0.0960. The number of carbonyl (C=O) groups excluding carboxylic acids is 1. The van der Waals surface area contributed by atoms with Gasteiger partial charge < -0.3 is 14.6 Å². The van der Waals surface area contributed by atoms with E-state index in [2.05, 4.69) is 10.5 Å². The van der Waals surface area contributed by atoms with Gasteiger partial charge in [0.25, 0.3) is 5.91 Å². The number of carbonyl (C=O) groups is 1. The highest BCUT2D eigenvalue weighted by Gasteiger charge is 2.19. The summed E-state index contributed by atoms with van der Waals surface area (Å²) in [6.45, 7) is 0. The standard InChI is InChI=1S/C17H14FN3O5S/c1-25-15-7-6-10(27(19,23)24)8-13(15)20-17(22)14-9-16(26-21-14)11-4-2-3-5-12(11)18/h2-9H,1H3,(H,20,22)(H2,19,23,24). The normalized spacial score (nSPS) is 11.2. The van der Waals surface area contributed by atoms with Crippen molar-refractivity contribution in [2.45, 2.75) is 4.90 Å². The summed E-state index contributed by atoms with van der Waals surface area (Å²) in [7, 11) is -2.61. The molecule has 3 rings (SSSR count). The van der Waals surface area contributed by atoms with E-state index < -0.39 is 21.7 Å². The lowest BCUT2D eigenvalue weighted by molar-refractivity contribution is 0.101. The number of aromatic nitrogens is 1. The van der Waals surface area contributed by atoms with Gasteiger partial charge in [-0.05, 0) is 30.3 Å². The molecule has 140 valence electrons. The first kappa shape index (κ1) is 18.5. The number of nitrogens with two attached hydrogens (primary N) is 1. The molecule has 2 aromatic carbocycles. The van der Waals surface area contributed by atoms with Crippen molar-refractivity contribution in [2.75, 3.05) is 12.4 Å². The van der Waals surface area contributed by atoms with Crippen LogP contribution in [0.5, 0.6) is 5.75 Å². The van der Waals surface area contributed by atoms with E-state index in [1.165, 1.54) is 43.5 Å². The molecule has 0 spiro atoms. The van der Waals surface area contributed by atoms with E-state index in [0.29, 0.717) is 0 Å². The Balaban J connectivity index is 1.89. The van der Waals surface area contributed by atoms with Crippen LogP contribution in [0.15, 0.2) is 57.9 Å². The average Bonchev–Trinajstić information content (AvgIpc) is 3.11. The van der Waals surface area contributed by atoms with Crippen LogP contribution in [-0.4, -0.2) is 26.6 Å². The molecule has 0 unspecified atom stereocenters. The van der Waals surface area contributed by atoms with Crippen molar-refractivity contribution in [3.05, 3.63) is 60.0 Å². The van der Waals surface area contributed by atoms with Gasteiger partial charge in [-0.2, -0.15) is 0 Å². The first-order valence-electron chi connectivity index (χ1n) is 7.53. The zero-order valence-corrected chi connectivity index (χ0v) is 14.8. The Bertz CT molecular complexity index is 1110. The third kappa shape index (κ3) is 3.96. The maximum Gasteiger partial charge on any atom is 0.277 e. The highest BCUT2D eigenvalue weighted by molar-refractivity contribution is 7.89. The van der Waals surface area contributed by atoms with Crippen molar-refractivity contribution in [3.8, 4) is 17.1 Å². The molecule has 0 aliphatic heterocycles. The molecule has 0 bridgehead atoms. The predicted molar refractivity (Wildman–Crippen MR) is 94.2 cm³/mol. The molecule has 0 fully saturated rings. The van der Waals surface area contributed by atoms with E-state index in [1.54, 1.807) is 6.07 Å². The minimum absolute atomic E-state index is 0.0727. The van der Waals surface area contributed by atoms with Crippen LogP contribution in [0.2, 0.25) is 0 Å². The van der Waals surface area contributed by atoms with Crippen LogP contribution >= 0.6 is 0 Å². The number of amides is 1. The fourth-order valence-electron chi connectivity index (χ4n) is 2.32. The molecule has 0 radical (unpaired) electrons. The van der Waals surface area contributed by atoms with Gasteiger partial charge in [0.05, 0.1) is 23.3 Å². The Morgan fingerprint density at radius 2 is 1.96 bits per heavy atom. The molecule has 0 aliphatic rings. The monoisotopic (exact) mass is 391 g/mol. The maximum atomic E-state index is 13.8. The average molecular weight is 391 g/mol. The number of nitrogens with zero attached hydrogens (tertiary/aromatic N) is 1. The molecular weight excluding hydrogens is 377 g/mol. The minimum Gasteiger partial charge on any atom is -0.495 e. The lowest BCUT2D eigenvalue weighted by Gasteiger charge is -2.10. The Morgan fingerprint density at radius 3 is 2.63 bits per heavy atom. The summed E-state index contributed by atoms with van der Waals surface area (Å²) >= 11 is 0. The maximum absolute atomic E-state index is 13.8. The summed E-state index contributed by atoms with van der Waals surface area (Å²) in [4.78, 5) is 12.2. The number of sulfonamides is 1. The molecule has 0 saturated carbocycles. The summed E-state index contributed by atoms with van der Waals surface area (Å²) in [5.74, 6) is -0.939. The second-order valence-corrected chi connectivity index (χ2v) is 6.98. The number of benzene rings is 2. The highest BCUT2D eigenvalue weighted by atomic mass is 32.2. The summed E-state index contributed by atoms with van der Waals surface area (Å²) < 4.78 is 46.9. The van der Waals surface area contributed by atoms with Gasteiger partial charge in [-0.3, -0.25) is 4.79 Å². The number of primary sulfonamides is 1. The predicted octanol–water partition coefficient (Wildman–Crippen LogP) is 2.39. The smallest absolute Gasteiger partial charge is 0.277 e. The third-order valence-corrected chi connectivity index (χ3v) is 4.54. The van der Waals surface area contributed by atoms with Gasteiger partial charge in [-0.15, -0.1) is 0 Å². The van der Waals surface area contributed by atoms with Gasteiger partial charge in [0, 0.05) is 6.07 Å². The fraction of sp³-hybridized carbons (Fsp3) is 0.0588. The molecule has 0 saturated heterocycles. The van der Waals surface area contributed by atoms with Crippen LogP contribution in [-0.2, 0) is 10.0 Å². The number of hydrogen-bond acceptors (Lipinski definition) is 6. The van der Waals surface area contributed by atoms with Gasteiger partial charge in [-0.25, -0.2) is 17.9 Å². The molecule has 1 aromatic heterocycles. The number of rotatable bonds is 5. The molecule has 0 aliphatic carbocycles. The van der Waals surface area contributed by atoms with Gasteiger partial charge in [-0.1, -0.05) is 17.3 Å². The van der Waals surface area contributed by atoms with Crippen LogP contribution in [0.3, 0.4) is 0 Å². The van der Waals surface area contributed by atoms with Gasteiger partial charge in [0.2, 0.25) is 10.0 Å². The minimum atomic E-state index is -3.97. The van der Waals surface area contributed by atoms with Crippen molar-refractivity contribution < 1.29 is 26.9 Å². The fourth-order valence-corrected chi connectivity index (χ4v) is 2.86. The number of hydrogen-bond donors (Lipinski definition) is 2. The second-order valence-electron chi connectivity index (χ2n) is 5.42. The molecule has 10 heteroatoms. The van der Waals surface area contributed by atoms with E-state index in [9.17, 15) is 17.6 Å². The van der Waals surface area contributed by atoms with Crippen LogP contribution < -0.4 is 15.2 Å². The van der Waals surface area contributed by atoms with Crippen molar-refractivity contribution in [1.29, 1.82) is 0 Å².